The highest BCUT2D eigenvalue weighted by Crippen LogP contribution is 2.01. The number of aryl methyl sites for hydroxylation is 1. The van der Waals surface area contributed by atoms with E-state index >= 15 is 0 Å². The van der Waals surface area contributed by atoms with E-state index < -0.39 is 5.91 Å². The van der Waals surface area contributed by atoms with E-state index in [0.29, 0.717) is 12.0 Å². The Morgan fingerprint density at radius 2 is 2.42 bits per heavy atom. The van der Waals surface area contributed by atoms with Crippen molar-refractivity contribution in [2.24, 2.45) is 12.8 Å². The van der Waals surface area contributed by atoms with Crippen LogP contribution in [0.5, 0.6) is 0 Å². The van der Waals surface area contributed by atoms with Crippen molar-refractivity contribution in [1.29, 1.82) is 0 Å². The van der Waals surface area contributed by atoms with Crippen molar-refractivity contribution in [1.82, 2.24) is 15.0 Å². The fraction of sp³-hybridized carbons (Fsp3) is 0.333. The molecule has 1 amide bonds. The number of aldehydes is 1. The molecule has 1 aromatic rings. The summed E-state index contributed by atoms with van der Waals surface area (Å²) in [6.07, 6.45) is 0.711. The van der Waals surface area contributed by atoms with Crippen LogP contribution in [0.4, 0.5) is 0 Å². The summed E-state index contributed by atoms with van der Waals surface area (Å²) in [5.74, 6) is -0.626. The van der Waals surface area contributed by atoms with Crippen LogP contribution in [0.3, 0.4) is 0 Å². The number of hydrogen-bond donors (Lipinski definition) is 1. The molecule has 64 valence electrons. The zero-order valence-corrected chi connectivity index (χ0v) is 6.52. The Bertz CT molecular complexity index is 317. The zero-order valence-electron chi connectivity index (χ0n) is 6.52. The highest BCUT2D eigenvalue weighted by Gasteiger charge is 2.14. The summed E-state index contributed by atoms with van der Waals surface area (Å²) in [4.78, 5) is 20.9. The van der Waals surface area contributed by atoms with Gasteiger partial charge in [0.05, 0.1) is 0 Å². The lowest BCUT2D eigenvalue weighted by Gasteiger charge is -1.94. The van der Waals surface area contributed by atoms with Gasteiger partial charge in [0.15, 0.2) is 0 Å². The molecule has 0 fully saturated rings. The Kier molecular flexibility index (Phi) is 2.18. The summed E-state index contributed by atoms with van der Waals surface area (Å²) >= 11 is 0. The largest absolute Gasteiger partial charge is 0.364 e. The van der Waals surface area contributed by atoms with Crippen molar-refractivity contribution in [2.45, 2.75) is 6.42 Å². The van der Waals surface area contributed by atoms with Gasteiger partial charge in [-0.2, -0.15) is 0 Å². The standard InChI is InChI=1S/C6H8N4O2/c1-10-5(6(7)12)4(2-3-11)8-9-10/h3H,2H2,1H3,(H2,7,12). The predicted octanol–water partition coefficient (Wildman–Crippen LogP) is -1.34. The third-order valence-corrected chi connectivity index (χ3v) is 1.41. The Balaban J connectivity index is 3.11. The molecule has 0 aliphatic heterocycles. The molecule has 2 N–H and O–H groups in total. The van der Waals surface area contributed by atoms with Gasteiger partial charge in [-0.05, 0) is 0 Å². The number of carbonyl (C=O) groups excluding carboxylic acids is 2. The van der Waals surface area contributed by atoms with Crippen molar-refractivity contribution in [3.8, 4) is 0 Å². The molecule has 1 heterocycles. The van der Waals surface area contributed by atoms with E-state index in [4.69, 9.17) is 5.73 Å². The Morgan fingerprint density at radius 3 is 2.92 bits per heavy atom. The van der Waals surface area contributed by atoms with Crippen LogP contribution in [0.1, 0.15) is 16.2 Å². The summed E-state index contributed by atoms with van der Waals surface area (Å²) in [5, 5.41) is 7.17. The summed E-state index contributed by atoms with van der Waals surface area (Å²) in [5.41, 5.74) is 5.54. The summed E-state index contributed by atoms with van der Waals surface area (Å²) in [6.45, 7) is 0. The number of hydrogen-bond acceptors (Lipinski definition) is 4. The van der Waals surface area contributed by atoms with E-state index in [1.54, 1.807) is 7.05 Å². The van der Waals surface area contributed by atoms with Crippen LogP contribution in [-0.2, 0) is 18.3 Å². The molecule has 0 saturated carbocycles. The highest BCUT2D eigenvalue weighted by molar-refractivity contribution is 5.92. The second-order valence-electron chi connectivity index (χ2n) is 2.24. The van der Waals surface area contributed by atoms with Crippen molar-refractivity contribution < 1.29 is 9.59 Å². The molecule has 0 atom stereocenters. The van der Waals surface area contributed by atoms with Gasteiger partial charge in [-0.3, -0.25) is 4.79 Å². The molecule has 0 bridgehead atoms. The second-order valence-corrected chi connectivity index (χ2v) is 2.24. The maximum absolute atomic E-state index is 10.8. The lowest BCUT2D eigenvalue weighted by atomic mass is 10.2. The van der Waals surface area contributed by atoms with Gasteiger partial charge in [0, 0.05) is 13.5 Å². The van der Waals surface area contributed by atoms with E-state index in [1.807, 2.05) is 0 Å². The minimum atomic E-state index is -0.626. The summed E-state index contributed by atoms with van der Waals surface area (Å²) in [6, 6.07) is 0. The summed E-state index contributed by atoms with van der Waals surface area (Å²) in [7, 11) is 1.54. The van der Waals surface area contributed by atoms with Gasteiger partial charge in [-0.1, -0.05) is 5.21 Å². The van der Waals surface area contributed by atoms with Crippen molar-refractivity contribution >= 4 is 12.2 Å². The first-order chi connectivity index (χ1) is 5.66. The molecule has 0 aliphatic rings. The molecule has 0 aliphatic carbocycles. The predicted molar refractivity (Wildman–Crippen MR) is 39.3 cm³/mol. The highest BCUT2D eigenvalue weighted by atomic mass is 16.1. The van der Waals surface area contributed by atoms with Gasteiger partial charge in [-0.25, -0.2) is 4.68 Å². The second kappa shape index (κ2) is 3.12. The zero-order chi connectivity index (χ0) is 9.14. The van der Waals surface area contributed by atoms with Crippen LogP contribution in [0.15, 0.2) is 0 Å². The van der Waals surface area contributed by atoms with Crippen molar-refractivity contribution in [2.75, 3.05) is 0 Å². The molecule has 1 rings (SSSR count). The average molecular weight is 168 g/mol. The normalized spacial score (nSPS) is 9.75. The van der Waals surface area contributed by atoms with Crippen LogP contribution >= 0.6 is 0 Å². The van der Waals surface area contributed by atoms with Gasteiger partial charge in [0.25, 0.3) is 5.91 Å². The van der Waals surface area contributed by atoms with E-state index in [-0.39, 0.29) is 12.1 Å². The van der Waals surface area contributed by atoms with Gasteiger partial charge in [-0.15, -0.1) is 5.10 Å². The molecular formula is C6H8N4O2. The van der Waals surface area contributed by atoms with Crippen LogP contribution in [0, 0.1) is 0 Å². The maximum Gasteiger partial charge on any atom is 0.268 e. The maximum atomic E-state index is 10.8. The molecular weight excluding hydrogens is 160 g/mol. The molecule has 0 spiro atoms. The Hall–Kier alpha value is -1.72. The third kappa shape index (κ3) is 1.31. The molecule has 6 nitrogen and oxygen atoms in total. The molecule has 0 radical (unpaired) electrons. The molecule has 1 aromatic heterocycles. The van der Waals surface area contributed by atoms with Gasteiger partial charge in [0.1, 0.15) is 17.7 Å². The summed E-state index contributed by atoms with van der Waals surface area (Å²) < 4.78 is 1.25. The van der Waals surface area contributed by atoms with Gasteiger partial charge < -0.3 is 10.5 Å². The fourth-order valence-corrected chi connectivity index (χ4v) is 0.918. The van der Waals surface area contributed by atoms with E-state index in [1.165, 1.54) is 4.68 Å². The van der Waals surface area contributed by atoms with Gasteiger partial charge in [0.2, 0.25) is 0 Å². The van der Waals surface area contributed by atoms with Crippen LogP contribution in [0.2, 0.25) is 0 Å². The number of primary amides is 1. The van der Waals surface area contributed by atoms with Gasteiger partial charge >= 0.3 is 0 Å². The van der Waals surface area contributed by atoms with Crippen molar-refractivity contribution in [3.63, 3.8) is 0 Å². The number of nitrogens with two attached hydrogens (primary N) is 1. The first-order valence-corrected chi connectivity index (χ1v) is 3.28. The lowest BCUT2D eigenvalue weighted by Crippen LogP contribution is -2.17. The van der Waals surface area contributed by atoms with Crippen LogP contribution in [-0.4, -0.2) is 27.2 Å². The topological polar surface area (TPSA) is 90.9 Å². The van der Waals surface area contributed by atoms with Crippen LogP contribution in [0.25, 0.3) is 0 Å². The molecule has 6 heteroatoms. The number of aromatic nitrogens is 3. The molecule has 0 aromatic carbocycles. The average Bonchev–Trinajstić information content (AvgIpc) is 2.32. The molecule has 0 unspecified atom stereocenters. The van der Waals surface area contributed by atoms with E-state index in [2.05, 4.69) is 10.3 Å². The first kappa shape index (κ1) is 8.38. The SMILES string of the molecule is Cn1nnc(CC=O)c1C(N)=O. The van der Waals surface area contributed by atoms with Crippen molar-refractivity contribution in [3.05, 3.63) is 11.4 Å². The minimum absolute atomic E-state index is 0.0616. The smallest absolute Gasteiger partial charge is 0.268 e. The number of carbonyl (C=O) groups is 2. The number of rotatable bonds is 3. The quantitative estimate of drug-likeness (QED) is 0.565. The lowest BCUT2D eigenvalue weighted by molar-refractivity contribution is -0.107. The fourth-order valence-electron chi connectivity index (χ4n) is 0.918. The van der Waals surface area contributed by atoms with Crippen LogP contribution < -0.4 is 5.73 Å². The third-order valence-electron chi connectivity index (χ3n) is 1.41. The molecule has 0 saturated heterocycles. The number of amides is 1. The minimum Gasteiger partial charge on any atom is -0.364 e. The molecule has 12 heavy (non-hydrogen) atoms. The van der Waals surface area contributed by atoms with E-state index in [0.717, 1.165) is 0 Å². The first-order valence-electron chi connectivity index (χ1n) is 3.28. The Labute approximate surface area is 68.3 Å². The van der Waals surface area contributed by atoms with E-state index in [9.17, 15) is 9.59 Å². The number of nitrogens with zero attached hydrogens (tertiary/aromatic N) is 3. The monoisotopic (exact) mass is 168 g/mol. The Morgan fingerprint density at radius 1 is 1.75 bits per heavy atom.